The summed E-state index contributed by atoms with van der Waals surface area (Å²) in [6, 6.07) is 22.3. The van der Waals surface area contributed by atoms with E-state index in [4.69, 9.17) is 11.6 Å². The van der Waals surface area contributed by atoms with Crippen LogP contribution in [0, 0.1) is 0 Å². The van der Waals surface area contributed by atoms with Gasteiger partial charge in [0, 0.05) is 10.6 Å². The molecule has 31 heavy (non-hydrogen) atoms. The number of carbonyl (C=O) groups is 1. The smallest absolute Gasteiger partial charge is 0.250 e. The number of halogens is 1. The van der Waals surface area contributed by atoms with Crippen molar-refractivity contribution >= 4 is 46.5 Å². The van der Waals surface area contributed by atoms with Gasteiger partial charge in [-0.15, -0.1) is 0 Å². The molecule has 1 aromatic heterocycles. The highest BCUT2D eigenvalue weighted by Crippen LogP contribution is 2.27. The number of nitrogens with zero attached hydrogens (tertiary/aromatic N) is 3. The molecule has 0 saturated heterocycles. The molecular weight excluding hydrogens is 432 g/mol. The molecule has 6 nitrogen and oxygen atoms in total. The van der Waals surface area contributed by atoms with Gasteiger partial charge in [0.25, 0.3) is 5.91 Å². The number of hydrogen-bond acceptors (Lipinski definition) is 5. The molecule has 1 amide bonds. The van der Waals surface area contributed by atoms with Crippen LogP contribution in [0.15, 0.2) is 83.1 Å². The summed E-state index contributed by atoms with van der Waals surface area (Å²) in [5, 5.41) is 15.1. The number of aromatic hydroxyl groups is 1. The van der Waals surface area contributed by atoms with E-state index in [1.54, 1.807) is 24.3 Å². The van der Waals surface area contributed by atoms with Gasteiger partial charge in [-0.25, -0.2) is 10.4 Å². The first kappa shape index (κ1) is 21.0. The van der Waals surface area contributed by atoms with Crippen molar-refractivity contribution in [2.75, 3.05) is 5.75 Å². The fraction of sp³-hybridized carbons (Fsp3) is 0.0870. The summed E-state index contributed by atoms with van der Waals surface area (Å²) >= 11 is 7.68. The zero-order valence-corrected chi connectivity index (χ0v) is 18.0. The number of fused-ring (bicyclic) bond motifs is 1. The van der Waals surface area contributed by atoms with Crippen LogP contribution < -0.4 is 5.43 Å². The molecule has 4 aromatic rings. The monoisotopic (exact) mass is 450 g/mol. The van der Waals surface area contributed by atoms with Crippen LogP contribution in [0.1, 0.15) is 11.1 Å². The summed E-state index contributed by atoms with van der Waals surface area (Å²) in [5.41, 5.74) is 5.82. The number of phenols is 1. The van der Waals surface area contributed by atoms with Crippen molar-refractivity contribution in [3.63, 3.8) is 0 Å². The normalized spacial score (nSPS) is 11.3. The minimum absolute atomic E-state index is 0.100. The van der Waals surface area contributed by atoms with Crippen LogP contribution in [0.4, 0.5) is 0 Å². The Balaban J connectivity index is 1.47. The minimum atomic E-state index is -0.270. The highest BCUT2D eigenvalue weighted by atomic mass is 35.5. The summed E-state index contributed by atoms with van der Waals surface area (Å²) in [6.45, 7) is 0.551. The summed E-state index contributed by atoms with van der Waals surface area (Å²) in [6.07, 6.45) is 1.41. The number of thioether (sulfide) groups is 1. The first-order chi connectivity index (χ1) is 15.1. The van der Waals surface area contributed by atoms with Gasteiger partial charge >= 0.3 is 0 Å². The van der Waals surface area contributed by atoms with E-state index in [0.29, 0.717) is 17.1 Å². The molecule has 0 unspecified atom stereocenters. The maximum absolute atomic E-state index is 12.3. The molecule has 0 aliphatic heterocycles. The van der Waals surface area contributed by atoms with Crippen molar-refractivity contribution < 1.29 is 9.90 Å². The van der Waals surface area contributed by atoms with Crippen LogP contribution in [0.5, 0.6) is 5.75 Å². The third-order valence-electron chi connectivity index (χ3n) is 4.57. The van der Waals surface area contributed by atoms with E-state index in [1.807, 2.05) is 48.5 Å². The maximum Gasteiger partial charge on any atom is 0.250 e. The highest BCUT2D eigenvalue weighted by molar-refractivity contribution is 7.99. The number of para-hydroxylation sites is 3. The van der Waals surface area contributed by atoms with Crippen LogP contribution in [0.25, 0.3) is 11.0 Å². The molecule has 3 aromatic carbocycles. The molecule has 0 saturated carbocycles. The Morgan fingerprint density at radius 3 is 2.68 bits per heavy atom. The number of nitrogens with one attached hydrogen (secondary N) is 1. The van der Waals surface area contributed by atoms with Gasteiger partial charge in [0.1, 0.15) is 5.75 Å². The zero-order valence-electron chi connectivity index (χ0n) is 16.4. The molecule has 156 valence electrons. The fourth-order valence-corrected chi connectivity index (χ4v) is 4.05. The van der Waals surface area contributed by atoms with Gasteiger partial charge in [-0.1, -0.05) is 65.8 Å². The van der Waals surface area contributed by atoms with Crippen LogP contribution >= 0.6 is 23.4 Å². The lowest BCUT2D eigenvalue weighted by molar-refractivity contribution is -0.118. The van der Waals surface area contributed by atoms with Gasteiger partial charge in [0.15, 0.2) is 5.16 Å². The second-order valence-electron chi connectivity index (χ2n) is 6.70. The van der Waals surface area contributed by atoms with Crippen LogP contribution in [0.2, 0.25) is 5.02 Å². The van der Waals surface area contributed by atoms with Crippen LogP contribution in [0.3, 0.4) is 0 Å². The van der Waals surface area contributed by atoms with E-state index >= 15 is 0 Å². The number of carbonyl (C=O) groups excluding carboxylic acids is 1. The third-order valence-corrected chi connectivity index (χ3v) is 5.91. The first-order valence-electron chi connectivity index (χ1n) is 9.53. The van der Waals surface area contributed by atoms with E-state index in [1.165, 1.54) is 18.0 Å². The molecular formula is C23H19ClN4O2S. The second-order valence-corrected chi connectivity index (χ2v) is 8.05. The number of rotatable bonds is 7. The number of aromatic nitrogens is 2. The van der Waals surface area contributed by atoms with Crippen molar-refractivity contribution in [3.8, 4) is 5.75 Å². The van der Waals surface area contributed by atoms with Gasteiger partial charge < -0.3 is 9.67 Å². The lowest BCUT2D eigenvalue weighted by atomic mass is 10.2. The number of hydrazone groups is 1. The van der Waals surface area contributed by atoms with Gasteiger partial charge in [0.05, 0.1) is 29.5 Å². The quantitative estimate of drug-likeness (QED) is 0.243. The van der Waals surface area contributed by atoms with Crippen molar-refractivity contribution in [2.45, 2.75) is 11.7 Å². The van der Waals surface area contributed by atoms with Gasteiger partial charge in [-0.3, -0.25) is 4.79 Å². The second kappa shape index (κ2) is 9.68. The summed E-state index contributed by atoms with van der Waals surface area (Å²) < 4.78 is 2.06. The van der Waals surface area contributed by atoms with E-state index in [9.17, 15) is 9.90 Å². The van der Waals surface area contributed by atoms with Crippen molar-refractivity contribution in [1.82, 2.24) is 15.0 Å². The molecule has 0 fully saturated rings. The Labute approximate surface area is 188 Å². The Hall–Kier alpha value is -3.29. The molecule has 0 aliphatic rings. The predicted octanol–water partition coefficient (Wildman–Crippen LogP) is 4.69. The Bertz CT molecular complexity index is 1260. The average molecular weight is 451 g/mol. The SMILES string of the molecule is O=C(CSc1nc2ccccc2n1Cc1ccccc1Cl)NN=Cc1ccccc1O. The summed E-state index contributed by atoms with van der Waals surface area (Å²) in [4.78, 5) is 16.9. The van der Waals surface area contributed by atoms with Gasteiger partial charge in [-0.2, -0.15) is 5.10 Å². The maximum atomic E-state index is 12.3. The van der Waals surface area contributed by atoms with Crippen LogP contribution in [-0.2, 0) is 11.3 Å². The van der Waals surface area contributed by atoms with E-state index < -0.39 is 0 Å². The lowest BCUT2D eigenvalue weighted by Gasteiger charge is -2.10. The molecule has 0 spiro atoms. The van der Waals surface area contributed by atoms with E-state index in [0.717, 1.165) is 21.8 Å². The summed E-state index contributed by atoms with van der Waals surface area (Å²) in [5.74, 6) is -0.0274. The summed E-state index contributed by atoms with van der Waals surface area (Å²) in [7, 11) is 0. The molecule has 0 atom stereocenters. The zero-order chi connectivity index (χ0) is 21.6. The molecule has 2 N–H and O–H groups in total. The van der Waals surface area contributed by atoms with Gasteiger partial charge in [-0.05, 0) is 35.9 Å². The van der Waals surface area contributed by atoms with E-state index in [2.05, 4.69) is 20.1 Å². The molecule has 0 radical (unpaired) electrons. The minimum Gasteiger partial charge on any atom is -0.507 e. The van der Waals surface area contributed by atoms with Crippen molar-refractivity contribution in [3.05, 3.63) is 88.9 Å². The molecule has 0 bridgehead atoms. The molecule has 4 rings (SSSR count). The Kier molecular flexibility index (Phi) is 6.54. The topological polar surface area (TPSA) is 79.5 Å². The molecule has 1 heterocycles. The molecule has 0 aliphatic carbocycles. The first-order valence-corrected chi connectivity index (χ1v) is 10.9. The highest BCUT2D eigenvalue weighted by Gasteiger charge is 2.14. The lowest BCUT2D eigenvalue weighted by Crippen LogP contribution is -2.20. The van der Waals surface area contributed by atoms with Crippen LogP contribution in [-0.4, -0.2) is 32.5 Å². The number of hydrogen-bond donors (Lipinski definition) is 2. The number of phenolic OH excluding ortho intramolecular Hbond substituents is 1. The number of amides is 1. The number of benzene rings is 3. The fourth-order valence-electron chi connectivity index (χ4n) is 3.05. The van der Waals surface area contributed by atoms with E-state index in [-0.39, 0.29) is 17.4 Å². The predicted molar refractivity (Wildman–Crippen MR) is 125 cm³/mol. The average Bonchev–Trinajstić information content (AvgIpc) is 3.13. The standard InChI is InChI=1S/C23H19ClN4O2S/c24-18-9-3-1-8-17(18)14-28-20-11-5-4-10-19(20)26-23(28)31-15-22(30)27-25-13-16-7-2-6-12-21(16)29/h1-13,29H,14-15H2,(H,27,30). The Morgan fingerprint density at radius 2 is 1.84 bits per heavy atom. The Morgan fingerprint density at radius 1 is 1.10 bits per heavy atom. The van der Waals surface area contributed by atoms with Crippen molar-refractivity contribution in [2.24, 2.45) is 5.10 Å². The van der Waals surface area contributed by atoms with Gasteiger partial charge in [0.2, 0.25) is 0 Å². The largest absolute Gasteiger partial charge is 0.507 e. The third kappa shape index (κ3) is 5.07. The molecule has 8 heteroatoms. The van der Waals surface area contributed by atoms with Crippen molar-refractivity contribution in [1.29, 1.82) is 0 Å². The number of imidazole rings is 1.